The summed E-state index contributed by atoms with van der Waals surface area (Å²) in [5, 5.41) is 5.90. The highest BCUT2D eigenvalue weighted by Crippen LogP contribution is 2.22. The predicted molar refractivity (Wildman–Crippen MR) is 89.2 cm³/mol. The molecule has 0 saturated carbocycles. The monoisotopic (exact) mass is 345 g/mol. The van der Waals surface area contributed by atoms with Gasteiger partial charge in [0.1, 0.15) is 0 Å². The van der Waals surface area contributed by atoms with Crippen LogP contribution >= 0.6 is 23.2 Å². The quantitative estimate of drug-likeness (QED) is 0.746. The van der Waals surface area contributed by atoms with E-state index in [1.807, 2.05) is 13.0 Å². The van der Waals surface area contributed by atoms with Crippen molar-refractivity contribution in [3.05, 3.63) is 33.8 Å². The molecule has 0 radical (unpaired) electrons. The molecule has 0 spiro atoms. The van der Waals surface area contributed by atoms with E-state index >= 15 is 0 Å². The zero-order valence-electron chi connectivity index (χ0n) is 12.8. The molecule has 0 unspecified atom stereocenters. The maximum absolute atomic E-state index is 11.7. The van der Waals surface area contributed by atoms with E-state index in [2.05, 4.69) is 10.6 Å². The largest absolute Gasteiger partial charge is 0.338 e. The minimum atomic E-state index is -0.457. The third-order valence-corrected chi connectivity index (χ3v) is 3.66. The lowest BCUT2D eigenvalue weighted by molar-refractivity contribution is -0.120. The number of carbonyl (C=O) groups is 2. The average molecular weight is 346 g/mol. The van der Waals surface area contributed by atoms with E-state index in [9.17, 15) is 9.59 Å². The first-order chi connectivity index (χ1) is 10.4. The highest BCUT2D eigenvalue weighted by atomic mass is 35.5. The number of carbonyl (C=O) groups excluding carboxylic acids is 2. The van der Waals surface area contributed by atoms with E-state index in [0.29, 0.717) is 23.1 Å². The molecule has 7 heteroatoms. The summed E-state index contributed by atoms with van der Waals surface area (Å²) in [5.41, 5.74) is 0.942. The van der Waals surface area contributed by atoms with Crippen LogP contribution in [0.25, 0.3) is 0 Å². The summed E-state index contributed by atoms with van der Waals surface area (Å²) in [7, 11) is 1.79. The Morgan fingerprint density at radius 3 is 2.59 bits per heavy atom. The van der Waals surface area contributed by atoms with Crippen LogP contribution in [-0.2, 0) is 11.3 Å². The first-order valence-corrected chi connectivity index (χ1v) is 7.88. The van der Waals surface area contributed by atoms with Gasteiger partial charge in [0.25, 0.3) is 0 Å². The van der Waals surface area contributed by atoms with Crippen molar-refractivity contribution in [3.8, 4) is 0 Å². The van der Waals surface area contributed by atoms with Gasteiger partial charge in [-0.25, -0.2) is 4.79 Å². The molecule has 1 aromatic carbocycles. The molecule has 0 heterocycles. The first-order valence-electron chi connectivity index (χ1n) is 7.12. The average Bonchev–Trinajstić information content (AvgIpc) is 2.42. The number of imide groups is 1. The fourth-order valence-corrected chi connectivity index (χ4v) is 2.16. The highest BCUT2D eigenvalue weighted by Gasteiger charge is 2.11. The Bertz CT molecular complexity index is 524. The molecule has 2 N–H and O–H groups in total. The van der Waals surface area contributed by atoms with Crippen LogP contribution in [0.1, 0.15) is 25.3 Å². The summed E-state index contributed by atoms with van der Waals surface area (Å²) < 4.78 is 0. The van der Waals surface area contributed by atoms with E-state index in [-0.39, 0.29) is 12.5 Å². The lowest BCUT2D eigenvalue weighted by atomic mass is 10.2. The lowest BCUT2D eigenvalue weighted by Crippen LogP contribution is -2.43. The predicted octanol–water partition coefficient (Wildman–Crippen LogP) is 3.05. The Morgan fingerprint density at radius 2 is 1.95 bits per heavy atom. The molecule has 1 aromatic rings. The number of unbranched alkanes of at least 4 members (excludes halogenated alkanes) is 1. The molecule has 122 valence electrons. The topological polar surface area (TPSA) is 61.4 Å². The van der Waals surface area contributed by atoms with E-state index in [1.54, 1.807) is 24.1 Å². The highest BCUT2D eigenvalue weighted by molar-refractivity contribution is 6.42. The maximum atomic E-state index is 11.7. The maximum Gasteiger partial charge on any atom is 0.321 e. The zero-order chi connectivity index (χ0) is 16.5. The molecule has 22 heavy (non-hydrogen) atoms. The van der Waals surface area contributed by atoms with Crippen LogP contribution in [0.3, 0.4) is 0 Å². The Kier molecular flexibility index (Phi) is 8.24. The molecule has 0 aliphatic carbocycles. The van der Waals surface area contributed by atoms with Crippen LogP contribution < -0.4 is 10.6 Å². The van der Waals surface area contributed by atoms with Gasteiger partial charge in [-0.05, 0) is 31.2 Å². The number of likely N-dealkylation sites (N-methyl/N-ethyl adjacent to an activating group) is 1. The van der Waals surface area contributed by atoms with Crippen molar-refractivity contribution in [2.24, 2.45) is 0 Å². The molecule has 0 aliphatic heterocycles. The number of urea groups is 1. The third-order valence-electron chi connectivity index (χ3n) is 2.92. The standard InChI is InChI=1S/C15H21Cl2N3O2/c1-3-4-7-18-15(22)19-14(21)10-20(2)9-11-5-6-12(16)13(17)8-11/h5-6,8H,3-4,7,9-10H2,1-2H3,(H2,18,19,21,22). The van der Waals surface area contributed by atoms with Crippen molar-refractivity contribution >= 4 is 35.1 Å². The summed E-state index contributed by atoms with van der Waals surface area (Å²) in [6.07, 6.45) is 1.87. The number of nitrogens with zero attached hydrogens (tertiary/aromatic N) is 1. The minimum absolute atomic E-state index is 0.113. The van der Waals surface area contributed by atoms with Gasteiger partial charge in [-0.1, -0.05) is 42.6 Å². The van der Waals surface area contributed by atoms with Gasteiger partial charge in [0.05, 0.1) is 16.6 Å². The molecular formula is C15H21Cl2N3O2. The van der Waals surface area contributed by atoms with Crippen LogP contribution in [0, 0.1) is 0 Å². The summed E-state index contributed by atoms with van der Waals surface area (Å²) in [6.45, 7) is 3.24. The number of benzene rings is 1. The second-order valence-corrected chi connectivity index (χ2v) is 5.89. The molecule has 0 fully saturated rings. The Labute approximate surface area is 141 Å². The fourth-order valence-electron chi connectivity index (χ4n) is 1.84. The molecule has 1 rings (SSSR count). The van der Waals surface area contributed by atoms with Gasteiger partial charge in [0.2, 0.25) is 5.91 Å². The van der Waals surface area contributed by atoms with Crippen LogP contribution in [-0.4, -0.2) is 37.0 Å². The Morgan fingerprint density at radius 1 is 1.23 bits per heavy atom. The fraction of sp³-hybridized carbons (Fsp3) is 0.467. The number of nitrogens with one attached hydrogen (secondary N) is 2. The number of hydrogen-bond acceptors (Lipinski definition) is 3. The van der Waals surface area contributed by atoms with Crippen molar-refractivity contribution in [1.82, 2.24) is 15.5 Å². The van der Waals surface area contributed by atoms with Gasteiger partial charge in [-0.15, -0.1) is 0 Å². The smallest absolute Gasteiger partial charge is 0.321 e. The summed E-state index contributed by atoms with van der Waals surface area (Å²) in [6, 6.07) is 4.87. The first kappa shape index (κ1) is 18.7. The number of hydrogen-bond donors (Lipinski definition) is 2. The number of amides is 3. The molecule has 3 amide bonds. The minimum Gasteiger partial charge on any atom is -0.338 e. The lowest BCUT2D eigenvalue weighted by Gasteiger charge is -2.16. The van der Waals surface area contributed by atoms with E-state index in [0.717, 1.165) is 18.4 Å². The van der Waals surface area contributed by atoms with Crippen molar-refractivity contribution < 1.29 is 9.59 Å². The van der Waals surface area contributed by atoms with Gasteiger partial charge in [0.15, 0.2) is 0 Å². The van der Waals surface area contributed by atoms with E-state index < -0.39 is 6.03 Å². The summed E-state index contributed by atoms with van der Waals surface area (Å²) in [5.74, 6) is -0.350. The molecule has 0 saturated heterocycles. The van der Waals surface area contributed by atoms with Gasteiger partial charge < -0.3 is 5.32 Å². The second-order valence-electron chi connectivity index (χ2n) is 5.08. The normalized spacial score (nSPS) is 10.6. The van der Waals surface area contributed by atoms with Crippen molar-refractivity contribution in [2.75, 3.05) is 20.1 Å². The SMILES string of the molecule is CCCCNC(=O)NC(=O)CN(C)Cc1ccc(Cl)c(Cl)c1. The third kappa shape index (κ3) is 7.11. The molecule has 0 atom stereocenters. The van der Waals surface area contributed by atoms with Crippen LogP contribution in [0.2, 0.25) is 10.0 Å². The molecule has 0 aliphatic rings. The van der Waals surface area contributed by atoms with Gasteiger partial charge >= 0.3 is 6.03 Å². The van der Waals surface area contributed by atoms with Crippen molar-refractivity contribution in [1.29, 1.82) is 0 Å². The second kappa shape index (κ2) is 9.66. The summed E-state index contributed by atoms with van der Waals surface area (Å²) >= 11 is 11.8. The van der Waals surface area contributed by atoms with Gasteiger partial charge in [0, 0.05) is 13.1 Å². The Balaban J connectivity index is 2.37. The summed E-state index contributed by atoms with van der Waals surface area (Å²) in [4.78, 5) is 25.0. The van der Waals surface area contributed by atoms with Gasteiger partial charge in [-0.3, -0.25) is 15.0 Å². The zero-order valence-corrected chi connectivity index (χ0v) is 14.3. The van der Waals surface area contributed by atoms with E-state index in [1.165, 1.54) is 0 Å². The van der Waals surface area contributed by atoms with Crippen LogP contribution in [0.4, 0.5) is 4.79 Å². The van der Waals surface area contributed by atoms with Gasteiger partial charge in [-0.2, -0.15) is 0 Å². The van der Waals surface area contributed by atoms with E-state index in [4.69, 9.17) is 23.2 Å². The van der Waals surface area contributed by atoms with Crippen LogP contribution in [0.15, 0.2) is 18.2 Å². The number of halogens is 2. The van der Waals surface area contributed by atoms with Crippen molar-refractivity contribution in [3.63, 3.8) is 0 Å². The van der Waals surface area contributed by atoms with Crippen molar-refractivity contribution in [2.45, 2.75) is 26.3 Å². The molecule has 5 nitrogen and oxygen atoms in total. The molecule has 0 aromatic heterocycles. The van der Waals surface area contributed by atoms with Crippen LogP contribution in [0.5, 0.6) is 0 Å². The number of rotatable bonds is 7. The molecule has 0 bridgehead atoms. The Hall–Kier alpha value is -1.30. The molecular weight excluding hydrogens is 325 g/mol.